The smallest absolute Gasteiger partial charge is 0.282 e. The first kappa shape index (κ1) is 14.2. The molecular formula is C13H20O3S. The first-order valence-corrected chi connectivity index (χ1v) is 7.13. The fourth-order valence-electron chi connectivity index (χ4n) is 1.95. The molecular weight excluding hydrogens is 236 g/mol. The van der Waals surface area contributed by atoms with Crippen molar-refractivity contribution in [1.82, 2.24) is 0 Å². The van der Waals surface area contributed by atoms with Crippen LogP contribution >= 0.6 is 0 Å². The van der Waals surface area contributed by atoms with Crippen LogP contribution < -0.4 is 0 Å². The third-order valence-electron chi connectivity index (χ3n) is 3.38. The van der Waals surface area contributed by atoms with Crippen molar-refractivity contribution >= 4 is 10.1 Å². The molecule has 96 valence electrons. The molecule has 0 spiro atoms. The van der Waals surface area contributed by atoms with Gasteiger partial charge in [0.25, 0.3) is 10.1 Å². The highest BCUT2D eigenvalue weighted by Crippen LogP contribution is 2.31. The summed E-state index contributed by atoms with van der Waals surface area (Å²) in [4.78, 5) is 0.0353. The van der Waals surface area contributed by atoms with E-state index in [-0.39, 0.29) is 10.3 Å². The highest BCUT2D eigenvalue weighted by Gasteiger charge is 2.23. The van der Waals surface area contributed by atoms with Crippen molar-refractivity contribution in [2.45, 2.75) is 51.3 Å². The van der Waals surface area contributed by atoms with Crippen molar-refractivity contribution in [3.63, 3.8) is 0 Å². The molecule has 0 aliphatic rings. The highest BCUT2D eigenvalue weighted by molar-refractivity contribution is 7.86. The summed E-state index contributed by atoms with van der Waals surface area (Å²) in [6.45, 7) is 9.76. The molecule has 0 atom stereocenters. The van der Waals surface area contributed by atoms with Crippen molar-refractivity contribution < 1.29 is 13.0 Å². The second kappa shape index (κ2) is 4.42. The molecule has 0 unspecified atom stereocenters. The van der Waals surface area contributed by atoms with Gasteiger partial charge in [-0.2, -0.15) is 8.42 Å². The van der Waals surface area contributed by atoms with Crippen LogP contribution in [-0.4, -0.2) is 13.0 Å². The van der Waals surface area contributed by atoms with Gasteiger partial charge < -0.3 is 0 Å². The van der Waals surface area contributed by atoms with Crippen LogP contribution in [0, 0.1) is 13.8 Å². The Morgan fingerprint density at radius 2 is 1.59 bits per heavy atom. The van der Waals surface area contributed by atoms with Crippen LogP contribution in [0.25, 0.3) is 0 Å². The molecule has 1 rings (SSSR count). The molecule has 0 heterocycles. The Hall–Kier alpha value is -0.870. The zero-order valence-electron chi connectivity index (χ0n) is 11.0. The average Bonchev–Trinajstić information content (AvgIpc) is 2.14. The minimum Gasteiger partial charge on any atom is -0.282 e. The van der Waals surface area contributed by atoms with Gasteiger partial charge in [0.2, 0.25) is 0 Å². The zero-order chi connectivity index (χ0) is 13.4. The first-order valence-electron chi connectivity index (χ1n) is 5.69. The van der Waals surface area contributed by atoms with Crippen molar-refractivity contribution in [3.8, 4) is 0 Å². The van der Waals surface area contributed by atoms with Gasteiger partial charge in [-0.3, -0.25) is 4.55 Å². The maximum absolute atomic E-state index is 11.3. The Morgan fingerprint density at radius 1 is 1.18 bits per heavy atom. The van der Waals surface area contributed by atoms with E-state index in [1.165, 1.54) is 0 Å². The number of benzene rings is 1. The molecule has 0 aromatic heterocycles. The van der Waals surface area contributed by atoms with Gasteiger partial charge in [-0.15, -0.1) is 0 Å². The van der Waals surface area contributed by atoms with Gasteiger partial charge in [0, 0.05) is 0 Å². The third-order valence-corrected chi connectivity index (χ3v) is 4.54. The van der Waals surface area contributed by atoms with Crippen molar-refractivity contribution in [2.75, 3.05) is 0 Å². The summed E-state index contributed by atoms with van der Waals surface area (Å²) in [5.74, 6) is 0. The van der Waals surface area contributed by atoms with E-state index < -0.39 is 10.1 Å². The van der Waals surface area contributed by atoms with E-state index in [9.17, 15) is 13.0 Å². The maximum Gasteiger partial charge on any atom is 0.295 e. The normalized spacial score (nSPS) is 12.8. The number of rotatable bonds is 3. The fourth-order valence-corrected chi connectivity index (χ4v) is 2.88. The minimum atomic E-state index is -4.13. The lowest BCUT2D eigenvalue weighted by Gasteiger charge is -2.25. The van der Waals surface area contributed by atoms with E-state index in [4.69, 9.17) is 0 Å². The summed E-state index contributed by atoms with van der Waals surface area (Å²) in [5.41, 5.74) is 2.31. The second-order valence-electron chi connectivity index (χ2n) is 5.15. The van der Waals surface area contributed by atoms with Gasteiger partial charge in [-0.1, -0.05) is 32.9 Å². The Bertz CT molecular complexity index is 505. The van der Waals surface area contributed by atoms with E-state index >= 15 is 0 Å². The highest BCUT2D eigenvalue weighted by atomic mass is 32.2. The van der Waals surface area contributed by atoms with Gasteiger partial charge in [-0.25, -0.2) is 0 Å². The molecule has 17 heavy (non-hydrogen) atoms. The summed E-state index contributed by atoms with van der Waals surface area (Å²) < 4.78 is 31.7. The summed E-state index contributed by atoms with van der Waals surface area (Å²) in [5, 5.41) is 0. The quantitative estimate of drug-likeness (QED) is 0.845. The summed E-state index contributed by atoms with van der Waals surface area (Å²) in [7, 11) is -4.13. The Morgan fingerprint density at radius 3 is 1.88 bits per heavy atom. The van der Waals surface area contributed by atoms with E-state index in [0.717, 1.165) is 12.0 Å². The van der Waals surface area contributed by atoms with Crippen LogP contribution in [0.3, 0.4) is 0 Å². The van der Waals surface area contributed by atoms with E-state index in [2.05, 4.69) is 20.8 Å². The molecule has 0 bridgehead atoms. The largest absolute Gasteiger partial charge is 0.295 e. The molecule has 1 aromatic carbocycles. The molecule has 1 N–H and O–H groups in total. The molecule has 3 nitrogen and oxygen atoms in total. The van der Waals surface area contributed by atoms with Crippen molar-refractivity contribution in [2.24, 2.45) is 0 Å². The Kier molecular flexibility index (Phi) is 3.69. The zero-order valence-corrected chi connectivity index (χ0v) is 11.9. The van der Waals surface area contributed by atoms with E-state index in [0.29, 0.717) is 11.1 Å². The SMILES string of the molecule is CCC(C)(C)c1cc(C)c(S(=O)(=O)O)c(C)c1. The van der Waals surface area contributed by atoms with E-state index in [1.54, 1.807) is 13.8 Å². The van der Waals surface area contributed by atoms with E-state index in [1.807, 2.05) is 12.1 Å². The lowest BCUT2D eigenvalue weighted by atomic mass is 9.81. The molecule has 0 saturated heterocycles. The maximum atomic E-state index is 11.3. The molecule has 0 aliphatic heterocycles. The van der Waals surface area contributed by atoms with Gasteiger partial charge in [0.1, 0.15) is 0 Å². The van der Waals surface area contributed by atoms with Gasteiger partial charge >= 0.3 is 0 Å². The first-order chi connectivity index (χ1) is 7.59. The van der Waals surface area contributed by atoms with Gasteiger partial charge in [0.05, 0.1) is 4.90 Å². The molecule has 0 saturated carbocycles. The predicted molar refractivity (Wildman–Crippen MR) is 69.0 cm³/mol. The summed E-state index contributed by atoms with van der Waals surface area (Å²) >= 11 is 0. The fraction of sp³-hybridized carbons (Fsp3) is 0.538. The van der Waals surface area contributed by atoms with Crippen LogP contribution in [0.15, 0.2) is 17.0 Å². The minimum absolute atomic E-state index is 0.00721. The molecule has 1 aromatic rings. The number of hydrogen-bond donors (Lipinski definition) is 1. The number of aryl methyl sites for hydroxylation is 2. The summed E-state index contributed by atoms with van der Waals surface area (Å²) in [6, 6.07) is 3.69. The lowest BCUT2D eigenvalue weighted by Crippen LogP contribution is -2.17. The summed E-state index contributed by atoms with van der Waals surface area (Å²) in [6.07, 6.45) is 0.969. The molecule has 0 amide bonds. The van der Waals surface area contributed by atoms with Crippen molar-refractivity contribution in [1.29, 1.82) is 0 Å². The van der Waals surface area contributed by atoms with Gasteiger partial charge in [-0.05, 0) is 42.4 Å². The predicted octanol–water partition coefficient (Wildman–Crippen LogP) is 3.24. The molecule has 0 aliphatic carbocycles. The van der Waals surface area contributed by atoms with Crippen molar-refractivity contribution in [3.05, 3.63) is 28.8 Å². The third kappa shape index (κ3) is 2.87. The monoisotopic (exact) mass is 256 g/mol. The Balaban J connectivity index is 3.49. The molecule has 0 radical (unpaired) electrons. The van der Waals surface area contributed by atoms with Crippen LogP contribution in [0.5, 0.6) is 0 Å². The van der Waals surface area contributed by atoms with Crippen LogP contribution in [-0.2, 0) is 15.5 Å². The average molecular weight is 256 g/mol. The molecule has 0 fully saturated rings. The Labute approximate surface area is 104 Å². The second-order valence-corrected chi connectivity index (χ2v) is 6.51. The number of hydrogen-bond acceptors (Lipinski definition) is 2. The van der Waals surface area contributed by atoms with Gasteiger partial charge in [0.15, 0.2) is 0 Å². The van der Waals surface area contributed by atoms with Crippen LogP contribution in [0.1, 0.15) is 43.9 Å². The lowest BCUT2D eigenvalue weighted by molar-refractivity contribution is 0.480. The topological polar surface area (TPSA) is 54.4 Å². The van der Waals surface area contributed by atoms with Crippen LogP contribution in [0.4, 0.5) is 0 Å². The van der Waals surface area contributed by atoms with Crippen LogP contribution in [0.2, 0.25) is 0 Å². The standard InChI is InChI=1S/C13H20O3S/c1-6-13(4,5)11-7-9(2)12(10(3)8-11)17(14,15)16/h7-8H,6H2,1-5H3,(H,14,15,16). The molecule has 4 heteroatoms.